The van der Waals surface area contributed by atoms with Crippen molar-refractivity contribution < 1.29 is 28.6 Å². The molecule has 0 aromatic heterocycles. The molecule has 0 saturated carbocycles. The Morgan fingerprint density at radius 1 is 0.328 bits per heavy atom. The topological polar surface area (TPSA) is 78.9 Å². The molecule has 58 heavy (non-hydrogen) atoms. The molecule has 0 radical (unpaired) electrons. The van der Waals surface area contributed by atoms with Gasteiger partial charge in [-0.2, -0.15) is 0 Å². The second-order valence-electron chi connectivity index (χ2n) is 17.1. The Bertz CT molecular complexity index is 942. The van der Waals surface area contributed by atoms with Gasteiger partial charge in [-0.3, -0.25) is 14.4 Å². The molecule has 1 unspecified atom stereocenters. The molecule has 0 amide bonds. The fourth-order valence-electron chi connectivity index (χ4n) is 7.32. The van der Waals surface area contributed by atoms with Gasteiger partial charge in [0.05, 0.1) is 0 Å². The first-order chi connectivity index (χ1) is 28.5. The van der Waals surface area contributed by atoms with Gasteiger partial charge in [-0.05, 0) is 64.2 Å². The van der Waals surface area contributed by atoms with E-state index in [0.717, 1.165) is 77.0 Å². The minimum Gasteiger partial charge on any atom is -0.462 e. The maximum atomic E-state index is 12.7. The van der Waals surface area contributed by atoms with Gasteiger partial charge < -0.3 is 14.2 Å². The van der Waals surface area contributed by atoms with E-state index < -0.39 is 6.10 Å². The number of rotatable bonds is 46. The summed E-state index contributed by atoms with van der Waals surface area (Å²) in [4.78, 5) is 37.6. The molecule has 0 aromatic rings. The predicted molar refractivity (Wildman–Crippen MR) is 247 cm³/mol. The Morgan fingerprint density at radius 3 is 0.931 bits per heavy atom. The molecule has 0 rings (SSSR count). The van der Waals surface area contributed by atoms with E-state index in [1.807, 2.05) is 0 Å². The lowest BCUT2D eigenvalue weighted by atomic mass is 10.0. The lowest BCUT2D eigenvalue weighted by molar-refractivity contribution is -0.167. The van der Waals surface area contributed by atoms with Crippen LogP contribution in [-0.4, -0.2) is 37.2 Å². The molecule has 0 fully saturated rings. The van der Waals surface area contributed by atoms with Crippen molar-refractivity contribution in [3.63, 3.8) is 0 Å². The van der Waals surface area contributed by atoms with Gasteiger partial charge in [0.25, 0.3) is 0 Å². The van der Waals surface area contributed by atoms with Crippen LogP contribution in [0.15, 0.2) is 24.3 Å². The molecule has 0 bridgehead atoms. The summed E-state index contributed by atoms with van der Waals surface area (Å²) in [5, 5.41) is 0. The molecule has 0 saturated heterocycles. The summed E-state index contributed by atoms with van der Waals surface area (Å²) in [5.74, 6) is -0.883. The van der Waals surface area contributed by atoms with Crippen LogP contribution < -0.4 is 0 Å². The number of hydrogen-bond acceptors (Lipinski definition) is 6. The van der Waals surface area contributed by atoms with Crippen LogP contribution >= 0.6 is 0 Å². The molecule has 0 aromatic carbocycles. The van der Waals surface area contributed by atoms with Gasteiger partial charge in [0.1, 0.15) is 13.2 Å². The van der Waals surface area contributed by atoms with Crippen molar-refractivity contribution in [1.82, 2.24) is 0 Å². The summed E-state index contributed by atoms with van der Waals surface area (Å²) in [7, 11) is 0. The van der Waals surface area contributed by atoms with Crippen molar-refractivity contribution in [3.8, 4) is 0 Å². The van der Waals surface area contributed by atoms with Gasteiger partial charge in [-0.25, -0.2) is 0 Å². The number of ether oxygens (including phenoxy) is 3. The molecule has 1 atom stereocenters. The molecule has 6 nitrogen and oxygen atoms in total. The fourth-order valence-corrected chi connectivity index (χ4v) is 7.32. The Morgan fingerprint density at radius 2 is 0.603 bits per heavy atom. The molecule has 0 N–H and O–H groups in total. The molecule has 340 valence electrons. The number of carbonyl (C=O) groups excluding carboxylic acids is 3. The highest BCUT2D eigenvalue weighted by molar-refractivity contribution is 5.71. The van der Waals surface area contributed by atoms with Crippen LogP contribution in [0.4, 0.5) is 0 Å². The monoisotopic (exact) mass is 817 g/mol. The van der Waals surface area contributed by atoms with E-state index in [-0.39, 0.29) is 31.1 Å². The Kier molecular flexibility index (Phi) is 45.8. The van der Waals surface area contributed by atoms with Crippen LogP contribution in [0.1, 0.15) is 271 Å². The zero-order chi connectivity index (χ0) is 42.3. The average molecular weight is 817 g/mol. The van der Waals surface area contributed by atoms with E-state index in [1.165, 1.54) is 154 Å². The van der Waals surface area contributed by atoms with Crippen molar-refractivity contribution in [2.24, 2.45) is 0 Å². The standard InChI is InChI=1S/C52H96O6/c1-4-7-10-13-16-18-20-21-22-23-24-25-26-27-28-29-30-31-32-34-36-39-42-45-51(54)57-48-49(47-56-50(53)44-41-38-35-15-12-9-6-3)58-52(55)46-43-40-37-33-19-17-14-11-8-5-2/h11,14,23-24,49H,4-10,12-13,15-22,25-48H2,1-3H3/b14-11-,24-23-. The number of carbonyl (C=O) groups is 3. The Hall–Kier alpha value is -2.11. The van der Waals surface area contributed by atoms with Crippen LogP contribution in [0.5, 0.6) is 0 Å². The molecule has 0 aliphatic carbocycles. The number of unbranched alkanes of at least 4 members (excludes halogenated alkanes) is 31. The third-order valence-corrected chi connectivity index (χ3v) is 11.2. The number of esters is 3. The number of hydrogen-bond donors (Lipinski definition) is 0. The Labute approximate surface area is 360 Å². The fraction of sp³-hybridized carbons (Fsp3) is 0.865. The van der Waals surface area contributed by atoms with Crippen LogP contribution in [-0.2, 0) is 28.6 Å². The quantitative estimate of drug-likeness (QED) is 0.0263. The van der Waals surface area contributed by atoms with Gasteiger partial charge in [-0.1, -0.05) is 212 Å². The maximum Gasteiger partial charge on any atom is 0.306 e. The Balaban J connectivity index is 4.09. The molecule has 0 aliphatic rings. The molecular weight excluding hydrogens is 721 g/mol. The van der Waals surface area contributed by atoms with Crippen LogP contribution in [0.3, 0.4) is 0 Å². The second kappa shape index (κ2) is 47.6. The normalized spacial score (nSPS) is 12.1. The summed E-state index contributed by atoms with van der Waals surface area (Å²) >= 11 is 0. The summed E-state index contributed by atoms with van der Waals surface area (Å²) in [6.45, 7) is 6.54. The third-order valence-electron chi connectivity index (χ3n) is 11.2. The summed E-state index contributed by atoms with van der Waals surface area (Å²) in [5.41, 5.74) is 0. The minimum atomic E-state index is -0.768. The van der Waals surface area contributed by atoms with Crippen LogP contribution in [0.25, 0.3) is 0 Å². The highest BCUT2D eigenvalue weighted by atomic mass is 16.6. The highest BCUT2D eigenvalue weighted by Gasteiger charge is 2.19. The predicted octanol–water partition coefficient (Wildman–Crippen LogP) is 16.4. The first-order valence-corrected chi connectivity index (χ1v) is 25.3. The average Bonchev–Trinajstić information content (AvgIpc) is 3.22. The van der Waals surface area contributed by atoms with Crippen LogP contribution in [0, 0.1) is 0 Å². The summed E-state index contributed by atoms with van der Waals surface area (Å²) in [6, 6.07) is 0. The van der Waals surface area contributed by atoms with Gasteiger partial charge in [-0.15, -0.1) is 0 Å². The van der Waals surface area contributed by atoms with Crippen LogP contribution in [0.2, 0.25) is 0 Å². The van der Waals surface area contributed by atoms with E-state index in [0.29, 0.717) is 19.3 Å². The van der Waals surface area contributed by atoms with E-state index in [2.05, 4.69) is 45.1 Å². The lowest BCUT2D eigenvalue weighted by Gasteiger charge is -2.18. The molecule has 0 aliphatic heterocycles. The summed E-state index contributed by atoms with van der Waals surface area (Å²) < 4.78 is 16.7. The van der Waals surface area contributed by atoms with Gasteiger partial charge in [0, 0.05) is 19.3 Å². The smallest absolute Gasteiger partial charge is 0.306 e. The SMILES string of the molecule is CCC/C=C\CCCCCCCC(=O)OC(COC(=O)CCCCCCCCC)COC(=O)CCCCCCCCCCCCC/C=C\CCCCCCCCCC. The lowest BCUT2D eigenvalue weighted by Crippen LogP contribution is -2.30. The molecule has 0 spiro atoms. The van der Waals surface area contributed by atoms with E-state index >= 15 is 0 Å². The highest BCUT2D eigenvalue weighted by Crippen LogP contribution is 2.15. The largest absolute Gasteiger partial charge is 0.462 e. The molecular formula is C52H96O6. The minimum absolute atomic E-state index is 0.0725. The zero-order valence-electron chi connectivity index (χ0n) is 38.8. The van der Waals surface area contributed by atoms with Crippen molar-refractivity contribution in [2.75, 3.05) is 13.2 Å². The van der Waals surface area contributed by atoms with E-state index in [9.17, 15) is 14.4 Å². The van der Waals surface area contributed by atoms with Crippen molar-refractivity contribution >= 4 is 17.9 Å². The second-order valence-corrected chi connectivity index (χ2v) is 17.1. The molecule has 6 heteroatoms. The zero-order valence-corrected chi connectivity index (χ0v) is 38.8. The van der Waals surface area contributed by atoms with Gasteiger partial charge in [0.15, 0.2) is 6.10 Å². The van der Waals surface area contributed by atoms with Gasteiger partial charge in [0.2, 0.25) is 0 Å². The third kappa shape index (κ3) is 45.0. The van der Waals surface area contributed by atoms with Gasteiger partial charge >= 0.3 is 17.9 Å². The summed E-state index contributed by atoms with van der Waals surface area (Å²) in [6.07, 6.45) is 53.4. The maximum absolute atomic E-state index is 12.7. The van der Waals surface area contributed by atoms with E-state index in [4.69, 9.17) is 14.2 Å². The first kappa shape index (κ1) is 55.9. The van der Waals surface area contributed by atoms with Crippen molar-refractivity contribution in [2.45, 2.75) is 277 Å². The van der Waals surface area contributed by atoms with Crippen molar-refractivity contribution in [3.05, 3.63) is 24.3 Å². The molecule has 0 heterocycles. The number of allylic oxidation sites excluding steroid dienone is 4. The van der Waals surface area contributed by atoms with E-state index in [1.54, 1.807) is 0 Å². The van der Waals surface area contributed by atoms with Crippen molar-refractivity contribution in [1.29, 1.82) is 0 Å². The first-order valence-electron chi connectivity index (χ1n) is 25.3.